The number of ketones is 1. The first kappa shape index (κ1) is 21.5. The maximum atomic E-state index is 14.7. The molecule has 1 heterocycles. The molecule has 6 nitrogen and oxygen atoms in total. The van der Waals surface area contributed by atoms with Gasteiger partial charge in [0.2, 0.25) is 0 Å². The zero-order chi connectivity index (χ0) is 21.8. The van der Waals surface area contributed by atoms with Crippen LogP contribution in [-0.2, 0) is 9.59 Å². The molecule has 0 radical (unpaired) electrons. The van der Waals surface area contributed by atoms with Crippen LogP contribution in [-0.4, -0.2) is 60.9 Å². The van der Waals surface area contributed by atoms with Crippen LogP contribution >= 0.6 is 0 Å². The molecule has 30 heavy (non-hydrogen) atoms. The number of aliphatic hydroxyl groups excluding tert-OH is 1. The van der Waals surface area contributed by atoms with E-state index in [-0.39, 0.29) is 23.4 Å². The zero-order valence-corrected chi connectivity index (χ0v) is 17.3. The largest absolute Gasteiger partial charge is 0.507 e. The van der Waals surface area contributed by atoms with Crippen LogP contribution < -0.4 is 4.74 Å². The molecule has 158 valence electrons. The molecule has 3 rings (SSSR count). The number of methoxy groups -OCH3 is 1. The van der Waals surface area contributed by atoms with E-state index in [2.05, 4.69) is 0 Å². The third-order valence-corrected chi connectivity index (χ3v) is 5.11. The second-order valence-electron chi connectivity index (χ2n) is 7.40. The molecule has 0 aliphatic carbocycles. The summed E-state index contributed by atoms with van der Waals surface area (Å²) in [7, 11) is 5.34. The van der Waals surface area contributed by atoms with Crippen molar-refractivity contribution in [1.82, 2.24) is 9.80 Å². The van der Waals surface area contributed by atoms with Gasteiger partial charge in [-0.15, -0.1) is 0 Å². The molecule has 1 aliphatic rings. The van der Waals surface area contributed by atoms with E-state index in [1.54, 1.807) is 36.4 Å². The quantitative estimate of drug-likeness (QED) is 0.430. The van der Waals surface area contributed by atoms with Crippen LogP contribution in [0.25, 0.3) is 5.76 Å². The number of aliphatic hydroxyl groups is 1. The Hall–Kier alpha value is -3.19. The summed E-state index contributed by atoms with van der Waals surface area (Å²) < 4.78 is 19.8. The molecular formula is C23H25FN2O4. The number of Topliss-reactive ketones (excluding diaryl/α,β-unsaturated/α-hetero) is 1. The molecule has 0 unspecified atom stereocenters. The van der Waals surface area contributed by atoms with Gasteiger partial charge in [0, 0.05) is 17.7 Å². The van der Waals surface area contributed by atoms with E-state index in [4.69, 9.17) is 4.74 Å². The lowest BCUT2D eigenvalue weighted by Crippen LogP contribution is -2.32. The fourth-order valence-electron chi connectivity index (χ4n) is 3.59. The molecule has 0 aromatic heterocycles. The Kier molecular flexibility index (Phi) is 6.52. The molecule has 7 heteroatoms. The number of benzene rings is 2. The molecule has 1 aliphatic heterocycles. The van der Waals surface area contributed by atoms with Gasteiger partial charge in [0.15, 0.2) is 0 Å². The molecule has 1 fully saturated rings. The first-order valence-corrected chi connectivity index (χ1v) is 9.67. The Morgan fingerprint density at radius 2 is 1.80 bits per heavy atom. The molecule has 1 amide bonds. The van der Waals surface area contributed by atoms with Crippen LogP contribution in [0.4, 0.5) is 4.39 Å². The standard InChI is InChI=1S/C23H25FN2O4/c1-25(2)13-6-14-26-20(17-7-4-5-8-18(17)24)19(22(28)23(26)29)21(27)15-9-11-16(30-3)12-10-15/h4-5,7-12,20,27H,6,13-14H2,1-3H3/b21-19+/t20-/m0/s1. The molecular weight excluding hydrogens is 387 g/mol. The van der Waals surface area contributed by atoms with Crippen molar-refractivity contribution in [2.75, 3.05) is 34.3 Å². The van der Waals surface area contributed by atoms with E-state index < -0.39 is 23.5 Å². The minimum Gasteiger partial charge on any atom is -0.507 e. The monoisotopic (exact) mass is 412 g/mol. The predicted octanol–water partition coefficient (Wildman–Crippen LogP) is 3.21. The number of hydrogen-bond acceptors (Lipinski definition) is 5. The maximum absolute atomic E-state index is 14.7. The molecule has 0 spiro atoms. The highest BCUT2D eigenvalue weighted by Crippen LogP contribution is 2.40. The number of amides is 1. The van der Waals surface area contributed by atoms with Crippen molar-refractivity contribution in [2.45, 2.75) is 12.5 Å². The number of nitrogens with zero attached hydrogens (tertiary/aromatic N) is 2. The lowest BCUT2D eigenvalue weighted by Gasteiger charge is -2.26. The van der Waals surface area contributed by atoms with E-state index in [9.17, 15) is 19.1 Å². The Morgan fingerprint density at radius 3 is 2.40 bits per heavy atom. The molecule has 0 bridgehead atoms. The number of ether oxygens (including phenoxy) is 1. The van der Waals surface area contributed by atoms with Crippen molar-refractivity contribution >= 4 is 17.4 Å². The predicted molar refractivity (Wildman–Crippen MR) is 112 cm³/mol. The molecule has 1 N–H and O–H groups in total. The lowest BCUT2D eigenvalue weighted by molar-refractivity contribution is -0.140. The summed E-state index contributed by atoms with van der Waals surface area (Å²) >= 11 is 0. The Labute approximate surface area is 175 Å². The van der Waals surface area contributed by atoms with Gasteiger partial charge in [0.1, 0.15) is 17.3 Å². The summed E-state index contributed by atoms with van der Waals surface area (Å²) in [6.45, 7) is 0.965. The van der Waals surface area contributed by atoms with Gasteiger partial charge in [0.25, 0.3) is 11.7 Å². The van der Waals surface area contributed by atoms with Crippen LogP contribution in [0.2, 0.25) is 0 Å². The minimum absolute atomic E-state index is 0.111. The van der Waals surface area contributed by atoms with Crippen molar-refractivity contribution in [3.8, 4) is 5.75 Å². The maximum Gasteiger partial charge on any atom is 0.295 e. The van der Waals surface area contributed by atoms with Crippen molar-refractivity contribution in [1.29, 1.82) is 0 Å². The fourth-order valence-corrected chi connectivity index (χ4v) is 3.59. The summed E-state index contributed by atoms with van der Waals surface area (Å²) in [6.07, 6.45) is 0.605. The summed E-state index contributed by atoms with van der Waals surface area (Å²) in [5.74, 6) is -1.85. The highest BCUT2D eigenvalue weighted by Gasteiger charge is 2.46. The second-order valence-corrected chi connectivity index (χ2v) is 7.40. The molecule has 2 aromatic rings. The third kappa shape index (κ3) is 4.21. The van der Waals surface area contributed by atoms with Gasteiger partial charge >= 0.3 is 0 Å². The normalized spacial score (nSPS) is 18.3. The fraction of sp³-hybridized carbons (Fsp3) is 0.304. The van der Waals surface area contributed by atoms with E-state index in [1.807, 2.05) is 19.0 Å². The van der Waals surface area contributed by atoms with Crippen LogP contribution in [0.3, 0.4) is 0 Å². The summed E-state index contributed by atoms with van der Waals surface area (Å²) in [5.41, 5.74) is 0.417. The van der Waals surface area contributed by atoms with Gasteiger partial charge in [-0.1, -0.05) is 18.2 Å². The molecule has 0 saturated carbocycles. The highest BCUT2D eigenvalue weighted by atomic mass is 19.1. The summed E-state index contributed by atoms with van der Waals surface area (Å²) in [5, 5.41) is 10.9. The smallest absolute Gasteiger partial charge is 0.295 e. The van der Waals surface area contributed by atoms with Gasteiger partial charge in [-0.05, 0) is 57.4 Å². The van der Waals surface area contributed by atoms with E-state index in [1.165, 1.54) is 24.1 Å². The SMILES string of the molecule is COc1ccc(/C(O)=C2\C(=O)C(=O)N(CCCN(C)C)[C@H]2c2ccccc2F)cc1. The average molecular weight is 412 g/mol. The van der Waals surface area contributed by atoms with Crippen molar-refractivity contribution in [3.05, 3.63) is 71.0 Å². The van der Waals surface area contributed by atoms with Crippen LogP contribution in [0.5, 0.6) is 5.75 Å². The Bertz CT molecular complexity index is 969. The highest BCUT2D eigenvalue weighted by molar-refractivity contribution is 6.46. The number of halogens is 1. The van der Waals surface area contributed by atoms with Gasteiger partial charge in [-0.25, -0.2) is 4.39 Å². The Balaban J connectivity index is 2.09. The molecule has 1 saturated heterocycles. The van der Waals surface area contributed by atoms with Gasteiger partial charge in [-0.2, -0.15) is 0 Å². The number of rotatable bonds is 7. The van der Waals surface area contributed by atoms with Gasteiger partial charge < -0.3 is 19.6 Å². The minimum atomic E-state index is -0.990. The first-order chi connectivity index (χ1) is 14.3. The van der Waals surface area contributed by atoms with Crippen molar-refractivity contribution in [2.24, 2.45) is 0 Å². The van der Waals surface area contributed by atoms with E-state index in [0.29, 0.717) is 24.3 Å². The van der Waals surface area contributed by atoms with Crippen LogP contribution in [0.1, 0.15) is 23.6 Å². The topological polar surface area (TPSA) is 70.1 Å². The Morgan fingerprint density at radius 1 is 1.13 bits per heavy atom. The number of carbonyl (C=O) groups is 2. The number of hydrogen-bond donors (Lipinski definition) is 1. The van der Waals surface area contributed by atoms with Crippen molar-refractivity contribution in [3.63, 3.8) is 0 Å². The first-order valence-electron chi connectivity index (χ1n) is 9.67. The summed E-state index contributed by atoms with van der Waals surface area (Å²) in [4.78, 5) is 29.0. The van der Waals surface area contributed by atoms with Crippen molar-refractivity contribution < 1.29 is 23.8 Å². The number of carbonyl (C=O) groups excluding carboxylic acids is 2. The summed E-state index contributed by atoms with van der Waals surface area (Å²) in [6, 6.07) is 11.5. The van der Waals surface area contributed by atoms with Crippen LogP contribution in [0.15, 0.2) is 54.1 Å². The van der Waals surface area contributed by atoms with Gasteiger partial charge in [0.05, 0.1) is 18.7 Å². The van der Waals surface area contributed by atoms with E-state index in [0.717, 1.165) is 0 Å². The molecule has 1 atom stereocenters. The van der Waals surface area contributed by atoms with E-state index >= 15 is 0 Å². The second kappa shape index (κ2) is 9.09. The number of likely N-dealkylation sites (tertiary alicyclic amines) is 1. The third-order valence-electron chi connectivity index (χ3n) is 5.11. The zero-order valence-electron chi connectivity index (χ0n) is 17.3. The average Bonchev–Trinajstić information content (AvgIpc) is 2.98. The van der Waals surface area contributed by atoms with Gasteiger partial charge in [-0.3, -0.25) is 9.59 Å². The molecule has 2 aromatic carbocycles. The van der Waals surface area contributed by atoms with Crippen LogP contribution in [0, 0.1) is 5.82 Å². The lowest BCUT2D eigenvalue weighted by atomic mass is 9.95.